The summed E-state index contributed by atoms with van der Waals surface area (Å²) in [6.07, 6.45) is 0. The number of nitrogens with zero attached hydrogens (tertiary/aromatic N) is 1. The molecule has 0 atom stereocenters. The minimum atomic E-state index is 0.378. The fraction of sp³-hybridized carbons (Fsp3) is 0.250. The Hall–Kier alpha value is -1.80. The Morgan fingerprint density at radius 2 is 1.72 bits per heavy atom. The van der Waals surface area contributed by atoms with Crippen molar-refractivity contribution in [1.82, 2.24) is 4.90 Å². The Kier molecular flexibility index (Phi) is 2.80. The van der Waals surface area contributed by atoms with E-state index in [0.717, 1.165) is 25.2 Å². The highest BCUT2D eigenvalue weighted by Crippen LogP contribution is 2.25. The topological polar surface area (TPSA) is 23.5 Å². The number of fused-ring (bicyclic) bond motifs is 1. The molecule has 0 aliphatic carbocycles. The molecule has 0 fully saturated rings. The molecule has 0 saturated heterocycles. The standard InChI is InChI=1S/C16H17NO/c1-12-8-13(6-7-16(12)18)9-17-10-14-4-2-3-5-15(14)11-17/h2-8,18H,9-11H2,1H3. The van der Waals surface area contributed by atoms with E-state index in [1.165, 1.54) is 16.7 Å². The number of hydrogen-bond donors (Lipinski definition) is 1. The van der Waals surface area contributed by atoms with E-state index in [9.17, 15) is 5.11 Å². The van der Waals surface area contributed by atoms with E-state index >= 15 is 0 Å². The highest BCUT2D eigenvalue weighted by atomic mass is 16.3. The first-order valence-corrected chi connectivity index (χ1v) is 6.30. The third kappa shape index (κ3) is 2.12. The first-order valence-electron chi connectivity index (χ1n) is 6.30. The molecule has 3 rings (SSSR count). The van der Waals surface area contributed by atoms with Crippen LogP contribution in [0.2, 0.25) is 0 Å². The van der Waals surface area contributed by atoms with Crippen molar-refractivity contribution < 1.29 is 5.11 Å². The Bertz CT molecular complexity index is 552. The summed E-state index contributed by atoms with van der Waals surface area (Å²) in [5.74, 6) is 0.378. The molecule has 0 radical (unpaired) electrons. The van der Waals surface area contributed by atoms with Crippen LogP contribution in [0.25, 0.3) is 0 Å². The lowest BCUT2D eigenvalue weighted by molar-refractivity contribution is 0.275. The molecule has 0 unspecified atom stereocenters. The van der Waals surface area contributed by atoms with Crippen LogP contribution in [0.15, 0.2) is 42.5 Å². The molecule has 92 valence electrons. The molecule has 1 aliphatic heterocycles. The molecule has 0 saturated carbocycles. The second-order valence-electron chi connectivity index (χ2n) is 5.03. The van der Waals surface area contributed by atoms with Gasteiger partial charge in [0.2, 0.25) is 0 Å². The van der Waals surface area contributed by atoms with Gasteiger partial charge in [-0.15, -0.1) is 0 Å². The molecule has 0 bridgehead atoms. The van der Waals surface area contributed by atoms with Gasteiger partial charge in [0.05, 0.1) is 0 Å². The van der Waals surface area contributed by atoms with Gasteiger partial charge in [0.1, 0.15) is 5.75 Å². The predicted molar refractivity (Wildman–Crippen MR) is 72.2 cm³/mol. The van der Waals surface area contributed by atoms with Crippen molar-refractivity contribution in [2.24, 2.45) is 0 Å². The van der Waals surface area contributed by atoms with Gasteiger partial charge in [-0.1, -0.05) is 36.4 Å². The lowest BCUT2D eigenvalue weighted by Crippen LogP contribution is -2.15. The third-order valence-electron chi connectivity index (χ3n) is 3.57. The lowest BCUT2D eigenvalue weighted by atomic mass is 10.1. The number of aryl methyl sites for hydroxylation is 1. The van der Waals surface area contributed by atoms with Crippen LogP contribution in [0, 0.1) is 6.92 Å². The largest absolute Gasteiger partial charge is 0.508 e. The Morgan fingerprint density at radius 3 is 2.33 bits per heavy atom. The smallest absolute Gasteiger partial charge is 0.118 e. The van der Waals surface area contributed by atoms with Crippen LogP contribution >= 0.6 is 0 Å². The summed E-state index contributed by atoms with van der Waals surface area (Å²) >= 11 is 0. The minimum absolute atomic E-state index is 0.378. The monoisotopic (exact) mass is 239 g/mol. The molecule has 1 heterocycles. The Morgan fingerprint density at radius 1 is 1.06 bits per heavy atom. The summed E-state index contributed by atoms with van der Waals surface area (Å²) in [6, 6.07) is 14.5. The second kappa shape index (κ2) is 4.46. The Balaban J connectivity index is 1.74. The first-order chi connectivity index (χ1) is 8.72. The highest BCUT2D eigenvalue weighted by Gasteiger charge is 2.18. The van der Waals surface area contributed by atoms with E-state index in [-0.39, 0.29) is 0 Å². The maximum absolute atomic E-state index is 9.53. The molecule has 0 amide bonds. The summed E-state index contributed by atoms with van der Waals surface area (Å²) < 4.78 is 0. The van der Waals surface area contributed by atoms with E-state index in [1.807, 2.05) is 13.0 Å². The van der Waals surface area contributed by atoms with Gasteiger partial charge in [-0.05, 0) is 35.2 Å². The molecular weight excluding hydrogens is 222 g/mol. The van der Waals surface area contributed by atoms with E-state index < -0.39 is 0 Å². The fourth-order valence-electron chi connectivity index (χ4n) is 2.59. The number of aromatic hydroxyl groups is 1. The van der Waals surface area contributed by atoms with Gasteiger partial charge in [-0.3, -0.25) is 4.90 Å². The van der Waals surface area contributed by atoms with Crippen LogP contribution in [0.3, 0.4) is 0 Å². The zero-order valence-corrected chi connectivity index (χ0v) is 10.6. The molecule has 18 heavy (non-hydrogen) atoms. The predicted octanol–water partition coefficient (Wildman–Crippen LogP) is 3.22. The molecule has 2 heteroatoms. The molecule has 0 spiro atoms. The third-order valence-corrected chi connectivity index (χ3v) is 3.57. The van der Waals surface area contributed by atoms with Crippen LogP contribution in [-0.2, 0) is 19.6 Å². The summed E-state index contributed by atoms with van der Waals surface area (Å²) in [6.45, 7) is 4.93. The van der Waals surface area contributed by atoms with Gasteiger partial charge in [0, 0.05) is 19.6 Å². The van der Waals surface area contributed by atoms with Crippen LogP contribution in [0.1, 0.15) is 22.3 Å². The van der Waals surface area contributed by atoms with Crippen LogP contribution < -0.4 is 0 Å². The van der Waals surface area contributed by atoms with Crippen molar-refractivity contribution in [2.45, 2.75) is 26.6 Å². The van der Waals surface area contributed by atoms with Crippen molar-refractivity contribution in [2.75, 3.05) is 0 Å². The molecule has 1 N–H and O–H groups in total. The summed E-state index contributed by atoms with van der Waals surface area (Å²) in [5, 5.41) is 9.53. The number of benzene rings is 2. The molecule has 2 aromatic rings. The van der Waals surface area contributed by atoms with E-state index in [2.05, 4.69) is 35.2 Å². The molecule has 2 nitrogen and oxygen atoms in total. The van der Waals surface area contributed by atoms with Crippen molar-refractivity contribution in [1.29, 1.82) is 0 Å². The zero-order valence-electron chi connectivity index (χ0n) is 10.6. The fourth-order valence-corrected chi connectivity index (χ4v) is 2.59. The number of hydrogen-bond acceptors (Lipinski definition) is 2. The number of phenolic OH excluding ortho intramolecular Hbond substituents is 1. The van der Waals surface area contributed by atoms with Gasteiger partial charge in [-0.2, -0.15) is 0 Å². The van der Waals surface area contributed by atoms with E-state index in [0.29, 0.717) is 5.75 Å². The second-order valence-corrected chi connectivity index (χ2v) is 5.03. The quantitative estimate of drug-likeness (QED) is 0.869. The molecule has 0 aromatic heterocycles. The van der Waals surface area contributed by atoms with Crippen LogP contribution in [0.4, 0.5) is 0 Å². The van der Waals surface area contributed by atoms with E-state index in [1.54, 1.807) is 6.07 Å². The normalized spacial score (nSPS) is 14.7. The van der Waals surface area contributed by atoms with Gasteiger partial charge in [0.15, 0.2) is 0 Å². The van der Waals surface area contributed by atoms with Crippen molar-refractivity contribution in [3.8, 4) is 5.75 Å². The van der Waals surface area contributed by atoms with Crippen molar-refractivity contribution in [3.05, 3.63) is 64.7 Å². The van der Waals surface area contributed by atoms with Gasteiger partial charge in [0.25, 0.3) is 0 Å². The average Bonchev–Trinajstić information content (AvgIpc) is 2.76. The van der Waals surface area contributed by atoms with Gasteiger partial charge < -0.3 is 5.11 Å². The van der Waals surface area contributed by atoms with Crippen LogP contribution in [-0.4, -0.2) is 10.0 Å². The maximum Gasteiger partial charge on any atom is 0.118 e. The number of phenols is 1. The highest BCUT2D eigenvalue weighted by molar-refractivity contribution is 5.35. The minimum Gasteiger partial charge on any atom is -0.508 e. The maximum atomic E-state index is 9.53. The Labute approximate surface area is 107 Å². The summed E-state index contributed by atoms with van der Waals surface area (Å²) in [7, 11) is 0. The SMILES string of the molecule is Cc1cc(CN2Cc3ccccc3C2)ccc1O. The first kappa shape index (κ1) is 11.3. The molecule has 2 aromatic carbocycles. The zero-order chi connectivity index (χ0) is 12.5. The van der Waals surface area contributed by atoms with Crippen molar-refractivity contribution >= 4 is 0 Å². The molecule has 1 aliphatic rings. The van der Waals surface area contributed by atoms with Crippen molar-refractivity contribution in [3.63, 3.8) is 0 Å². The summed E-state index contributed by atoms with van der Waals surface area (Å²) in [4.78, 5) is 2.43. The summed E-state index contributed by atoms with van der Waals surface area (Å²) in [5.41, 5.74) is 5.09. The van der Waals surface area contributed by atoms with E-state index in [4.69, 9.17) is 0 Å². The van der Waals surface area contributed by atoms with Crippen LogP contribution in [0.5, 0.6) is 5.75 Å². The average molecular weight is 239 g/mol. The van der Waals surface area contributed by atoms with Gasteiger partial charge >= 0.3 is 0 Å². The lowest BCUT2D eigenvalue weighted by Gasteiger charge is -2.15. The van der Waals surface area contributed by atoms with Gasteiger partial charge in [-0.25, -0.2) is 0 Å². The number of rotatable bonds is 2. The molecular formula is C16H17NO.